The zero-order chi connectivity index (χ0) is 13.6. The summed E-state index contributed by atoms with van der Waals surface area (Å²) in [6, 6.07) is 9.43. The first-order valence-electron chi connectivity index (χ1n) is 6.00. The fourth-order valence-electron chi connectivity index (χ4n) is 1.91. The van der Waals surface area contributed by atoms with Crippen LogP contribution in [0.15, 0.2) is 30.3 Å². The second-order valence-corrected chi connectivity index (χ2v) is 4.29. The van der Waals surface area contributed by atoms with E-state index in [9.17, 15) is 13.2 Å². The van der Waals surface area contributed by atoms with Crippen LogP contribution in [0.1, 0.15) is 18.4 Å². The molecule has 0 saturated heterocycles. The van der Waals surface area contributed by atoms with Gasteiger partial charge in [-0.15, -0.1) is 0 Å². The van der Waals surface area contributed by atoms with Gasteiger partial charge in [0.2, 0.25) is 0 Å². The van der Waals surface area contributed by atoms with Crippen molar-refractivity contribution in [1.29, 1.82) is 0 Å². The Hall–Kier alpha value is -1.07. The number of rotatable bonds is 6. The SMILES string of the molecule is CCN(CC(CN)c1ccccc1)CC(F)(F)F. The largest absolute Gasteiger partial charge is 0.401 e. The highest BCUT2D eigenvalue weighted by Gasteiger charge is 2.30. The minimum absolute atomic E-state index is 0.0616. The number of alkyl halides is 3. The molecule has 0 aliphatic carbocycles. The van der Waals surface area contributed by atoms with Gasteiger partial charge in [-0.3, -0.25) is 4.90 Å². The van der Waals surface area contributed by atoms with Gasteiger partial charge in [-0.1, -0.05) is 37.3 Å². The van der Waals surface area contributed by atoms with E-state index in [-0.39, 0.29) is 5.92 Å². The van der Waals surface area contributed by atoms with Crippen LogP contribution in [0.5, 0.6) is 0 Å². The van der Waals surface area contributed by atoms with Crippen LogP contribution in [0.25, 0.3) is 0 Å². The van der Waals surface area contributed by atoms with Crippen molar-refractivity contribution >= 4 is 0 Å². The molecule has 1 aromatic rings. The molecule has 1 rings (SSSR count). The first kappa shape index (κ1) is 15.0. The first-order valence-corrected chi connectivity index (χ1v) is 6.00. The third kappa shape index (κ3) is 5.06. The van der Waals surface area contributed by atoms with E-state index in [0.29, 0.717) is 19.6 Å². The molecule has 2 nitrogen and oxygen atoms in total. The van der Waals surface area contributed by atoms with Crippen molar-refractivity contribution in [1.82, 2.24) is 4.90 Å². The molecule has 0 aliphatic heterocycles. The van der Waals surface area contributed by atoms with Crippen molar-refractivity contribution in [2.75, 3.05) is 26.2 Å². The Balaban J connectivity index is 2.67. The predicted molar refractivity (Wildman–Crippen MR) is 66.4 cm³/mol. The third-order valence-corrected chi connectivity index (χ3v) is 2.88. The molecular weight excluding hydrogens is 241 g/mol. The Labute approximate surface area is 106 Å². The van der Waals surface area contributed by atoms with E-state index in [2.05, 4.69) is 0 Å². The third-order valence-electron chi connectivity index (χ3n) is 2.88. The number of benzene rings is 1. The van der Waals surface area contributed by atoms with Gasteiger partial charge in [0.25, 0.3) is 0 Å². The second kappa shape index (κ2) is 6.75. The Morgan fingerprint density at radius 1 is 1.22 bits per heavy atom. The highest BCUT2D eigenvalue weighted by molar-refractivity contribution is 5.20. The lowest BCUT2D eigenvalue weighted by Crippen LogP contribution is -2.38. The maximum absolute atomic E-state index is 12.4. The van der Waals surface area contributed by atoms with E-state index in [1.807, 2.05) is 30.3 Å². The Morgan fingerprint density at radius 3 is 2.28 bits per heavy atom. The predicted octanol–water partition coefficient (Wildman–Crippen LogP) is 2.61. The molecule has 1 atom stereocenters. The molecule has 1 unspecified atom stereocenters. The van der Waals surface area contributed by atoms with Gasteiger partial charge in [0.05, 0.1) is 6.54 Å². The van der Waals surface area contributed by atoms with Crippen molar-refractivity contribution in [3.8, 4) is 0 Å². The normalized spacial score (nSPS) is 13.9. The molecule has 102 valence electrons. The molecule has 0 radical (unpaired) electrons. The molecular formula is C13H19F3N2. The zero-order valence-corrected chi connectivity index (χ0v) is 10.5. The van der Waals surface area contributed by atoms with Gasteiger partial charge in [0.1, 0.15) is 0 Å². The fraction of sp³-hybridized carbons (Fsp3) is 0.538. The molecule has 2 N–H and O–H groups in total. The maximum atomic E-state index is 12.4. The van der Waals surface area contributed by atoms with Gasteiger partial charge in [-0.2, -0.15) is 13.2 Å². The van der Waals surface area contributed by atoms with Crippen LogP contribution in [0.4, 0.5) is 13.2 Å². The van der Waals surface area contributed by atoms with Gasteiger partial charge < -0.3 is 5.73 Å². The van der Waals surface area contributed by atoms with Crippen molar-refractivity contribution in [2.24, 2.45) is 5.73 Å². The Kier molecular flexibility index (Phi) is 5.62. The smallest absolute Gasteiger partial charge is 0.330 e. The standard InChI is InChI=1S/C13H19F3N2/c1-2-18(10-13(14,15)16)9-12(8-17)11-6-4-3-5-7-11/h3-7,12H,2,8-10,17H2,1H3. The van der Waals surface area contributed by atoms with Crippen molar-refractivity contribution in [3.63, 3.8) is 0 Å². The van der Waals surface area contributed by atoms with Crippen LogP contribution in [0.3, 0.4) is 0 Å². The van der Waals surface area contributed by atoms with Crippen LogP contribution in [0.2, 0.25) is 0 Å². The Bertz CT molecular complexity index is 338. The highest BCUT2D eigenvalue weighted by Crippen LogP contribution is 2.20. The molecule has 0 saturated carbocycles. The van der Waals surface area contributed by atoms with Crippen molar-refractivity contribution in [3.05, 3.63) is 35.9 Å². The fourth-order valence-corrected chi connectivity index (χ4v) is 1.91. The first-order chi connectivity index (χ1) is 8.46. The molecule has 0 spiro atoms. The van der Waals surface area contributed by atoms with Crippen molar-refractivity contribution < 1.29 is 13.2 Å². The van der Waals surface area contributed by atoms with Crippen LogP contribution in [-0.2, 0) is 0 Å². The monoisotopic (exact) mass is 260 g/mol. The summed E-state index contributed by atoms with van der Waals surface area (Å²) >= 11 is 0. The maximum Gasteiger partial charge on any atom is 0.401 e. The van der Waals surface area contributed by atoms with E-state index in [1.54, 1.807) is 6.92 Å². The number of likely N-dealkylation sites (N-methyl/N-ethyl adjacent to an activating group) is 1. The molecule has 0 amide bonds. The number of nitrogens with two attached hydrogens (primary N) is 1. The summed E-state index contributed by atoms with van der Waals surface area (Å²) in [5.41, 5.74) is 6.65. The summed E-state index contributed by atoms with van der Waals surface area (Å²) in [7, 11) is 0. The van der Waals surface area contributed by atoms with E-state index in [1.165, 1.54) is 4.90 Å². The van der Waals surface area contributed by atoms with E-state index >= 15 is 0 Å². The topological polar surface area (TPSA) is 29.3 Å². The molecule has 0 fully saturated rings. The molecule has 0 bridgehead atoms. The van der Waals surface area contributed by atoms with Crippen LogP contribution in [0, 0.1) is 0 Å². The zero-order valence-electron chi connectivity index (χ0n) is 10.5. The number of hydrogen-bond acceptors (Lipinski definition) is 2. The lowest BCUT2D eigenvalue weighted by atomic mass is 9.98. The summed E-state index contributed by atoms with van der Waals surface area (Å²) in [6.45, 7) is 1.88. The summed E-state index contributed by atoms with van der Waals surface area (Å²) in [4.78, 5) is 1.38. The molecule has 18 heavy (non-hydrogen) atoms. The van der Waals surface area contributed by atoms with Gasteiger partial charge in [0, 0.05) is 19.0 Å². The molecule has 0 aliphatic rings. The van der Waals surface area contributed by atoms with Gasteiger partial charge in [-0.05, 0) is 12.1 Å². The van der Waals surface area contributed by atoms with Gasteiger partial charge in [0.15, 0.2) is 0 Å². The van der Waals surface area contributed by atoms with E-state index < -0.39 is 12.7 Å². The van der Waals surface area contributed by atoms with Crippen LogP contribution >= 0.6 is 0 Å². The van der Waals surface area contributed by atoms with E-state index in [4.69, 9.17) is 5.73 Å². The van der Waals surface area contributed by atoms with Crippen LogP contribution in [-0.4, -0.2) is 37.3 Å². The average molecular weight is 260 g/mol. The molecule has 0 heterocycles. The van der Waals surface area contributed by atoms with Crippen LogP contribution < -0.4 is 5.73 Å². The number of hydrogen-bond donors (Lipinski definition) is 1. The number of halogens is 3. The lowest BCUT2D eigenvalue weighted by molar-refractivity contribution is -0.145. The van der Waals surface area contributed by atoms with Gasteiger partial charge in [-0.25, -0.2) is 0 Å². The number of nitrogens with zero attached hydrogens (tertiary/aromatic N) is 1. The quantitative estimate of drug-likeness (QED) is 0.852. The Morgan fingerprint density at radius 2 is 1.83 bits per heavy atom. The summed E-state index contributed by atoms with van der Waals surface area (Å²) in [5.74, 6) is -0.0616. The molecule has 0 aromatic heterocycles. The summed E-state index contributed by atoms with van der Waals surface area (Å²) in [6.07, 6.45) is -4.16. The minimum atomic E-state index is -4.16. The highest BCUT2D eigenvalue weighted by atomic mass is 19.4. The van der Waals surface area contributed by atoms with Gasteiger partial charge >= 0.3 is 6.18 Å². The second-order valence-electron chi connectivity index (χ2n) is 4.29. The van der Waals surface area contributed by atoms with Crippen molar-refractivity contribution in [2.45, 2.75) is 19.0 Å². The summed E-state index contributed by atoms with van der Waals surface area (Å²) < 4.78 is 37.1. The molecule has 5 heteroatoms. The lowest BCUT2D eigenvalue weighted by Gasteiger charge is -2.26. The van der Waals surface area contributed by atoms with E-state index in [0.717, 1.165) is 5.56 Å². The molecule has 1 aromatic carbocycles. The average Bonchev–Trinajstić information content (AvgIpc) is 2.34. The minimum Gasteiger partial charge on any atom is -0.330 e. The summed E-state index contributed by atoms with van der Waals surface area (Å²) in [5, 5.41) is 0.